The summed E-state index contributed by atoms with van der Waals surface area (Å²) < 4.78 is 34.6. The lowest BCUT2D eigenvalue weighted by molar-refractivity contribution is 0.605. The number of hydrogen-bond donors (Lipinski definition) is 0. The summed E-state index contributed by atoms with van der Waals surface area (Å²) in [7, 11) is 1.39. The third kappa shape index (κ3) is 2.42. The average molecular weight is 223 g/mol. The Morgan fingerprint density at radius 2 is 2.08 bits per heavy atom. The lowest BCUT2D eigenvalue weighted by Gasteiger charge is -2.03. The molecule has 0 saturated heterocycles. The van der Waals surface area contributed by atoms with Gasteiger partial charge in [0.15, 0.2) is 0 Å². The summed E-state index contributed by atoms with van der Waals surface area (Å²) in [6, 6.07) is 3.43. The second-order valence-electron chi connectivity index (χ2n) is 2.54. The van der Waals surface area contributed by atoms with Gasteiger partial charge < -0.3 is 0 Å². The average Bonchev–Trinajstić information content (AvgIpc) is 2.01. The molecule has 0 aliphatic heterocycles. The van der Waals surface area contributed by atoms with Crippen molar-refractivity contribution in [1.82, 2.24) is 0 Å². The summed E-state index contributed by atoms with van der Waals surface area (Å²) in [5, 5.41) is 0. The van der Waals surface area contributed by atoms with Crippen LogP contribution in [0.5, 0.6) is 0 Å². The highest BCUT2D eigenvalue weighted by Gasteiger charge is 2.14. The van der Waals surface area contributed by atoms with E-state index < -0.39 is 14.9 Å². The van der Waals surface area contributed by atoms with Gasteiger partial charge in [-0.2, -0.15) is 0 Å². The second kappa shape index (κ2) is 3.64. The first-order chi connectivity index (χ1) is 5.95. The lowest BCUT2D eigenvalue weighted by Crippen LogP contribution is -1.97. The molecule has 1 aromatic carbocycles. The maximum atomic E-state index is 12.7. The zero-order valence-electron chi connectivity index (χ0n) is 6.92. The molecule has 0 fully saturated rings. The monoisotopic (exact) mass is 222 g/mol. The molecule has 0 heterocycles. The third-order valence-electron chi connectivity index (χ3n) is 1.67. The first kappa shape index (κ1) is 10.5. The van der Waals surface area contributed by atoms with Crippen LogP contribution in [0.3, 0.4) is 0 Å². The minimum absolute atomic E-state index is 0.0157. The Morgan fingerprint density at radius 1 is 1.46 bits per heavy atom. The van der Waals surface area contributed by atoms with Crippen LogP contribution in [-0.4, -0.2) is 8.42 Å². The van der Waals surface area contributed by atoms with Gasteiger partial charge in [-0.1, -0.05) is 6.92 Å². The molecule has 0 unspecified atom stereocenters. The molecule has 0 radical (unpaired) electrons. The fourth-order valence-corrected chi connectivity index (χ4v) is 2.26. The molecule has 0 aliphatic rings. The molecule has 0 aromatic heterocycles. The number of hydrogen-bond acceptors (Lipinski definition) is 2. The SMILES string of the molecule is CCc1cc(F)ccc1S(=O)(=O)Cl. The molecule has 0 atom stereocenters. The van der Waals surface area contributed by atoms with Gasteiger partial charge in [0, 0.05) is 10.7 Å². The van der Waals surface area contributed by atoms with Gasteiger partial charge >= 0.3 is 0 Å². The van der Waals surface area contributed by atoms with Crippen LogP contribution in [0.15, 0.2) is 23.1 Å². The van der Waals surface area contributed by atoms with Crippen molar-refractivity contribution in [3.8, 4) is 0 Å². The van der Waals surface area contributed by atoms with Gasteiger partial charge in [0.25, 0.3) is 9.05 Å². The number of aryl methyl sites for hydroxylation is 1. The molecular formula is C8H8ClFO2S. The van der Waals surface area contributed by atoms with E-state index in [1.807, 2.05) is 0 Å². The Morgan fingerprint density at radius 3 is 2.54 bits per heavy atom. The Kier molecular flexibility index (Phi) is 2.93. The van der Waals surface area contributed by atoms with Crippen LogP contribution in [0.1, 0.15) is 12.5 Å². The van der Waals surface area contributed by atoms with E-state index in [4.69, 9.17) is 10.7 Å². The molecule has 0 aliphatic carbocycles. The highest BCUT2D eigenvalue weighted by molar-refractivity contribution is 8.13. The largest absolute Gasteiger partial charge is 0.261 e. The molecule has 13 heavy (non-hydrogen) atoms. The number of rotatable bonds is 2. The third-order valence-corrected chi connectivity index (χ3v) is 3.09. The first-order valence-corrected chi connectivity index (χ1v) is 5.99. The molecule has 0 amide bonds. The van der Waals surface area contributed by atoms with Crippen LogP contribution in [0.4, 0.5) is 4.39 Å². The van der Waals surface area contributed by atoms with Crippen molar-refractivity contribution in [3.63, 3.8) is 0 Å². The highest BCUT2D eigenvalue weighted by Crippen LogP contribution is 2.21. The van der Waals surface area contributed by atoms with Crippen LogP contribution in [0.2, 0.25) is 0 Å². The summed E-state index contributed by atoms with van der Waals surface area (Å²) >= 11 is 0. The fraction of sp³-hybridized carbons (Fsp3) is 0.250. The molecular weight excluding hydrogens is 215 g/mol. The summed E-state index contributed by atoms with van der Waals surface area (Å²) in [4.78, 5) is -0.0157. The van der Waals surface area contributed by atoms with Crippen LogP contribution in [0, 0.1) is 5.82 Å². The molecule has 0 bridgehead atoms. The van der Waals surface area contributed by atoms with Gasteiger partial charge in [0.1, 0.15) is 5.82 Å². The predicted molar refractivity (Wildman–Crippen MR) is 48.8 cm³/mol. The van der Waals surface area contributed by atoms with E-state index in [9.17, 15) is 12.8 Å². The quantitative estimate of drug-likeness (QED) is 0.720. The minimum atomic E-state index is -3.76. The van der Waals surface area contributed by atoms with E-state index in [2.05, 4.69) is 0 Å². The van der Waals surface area contributed by atoms with Crippen molar-refractivity contribution >= 4 is 19.7 Å². The van der Waals surface area contributed by atoms with Gasteiger partial charge in [0.2, 0.25) is 0 Å². The van der Waals surface area contributed by atoms with E-state index >= 15 is 0 Å². The standard InChI is InChI=1S/C8H8ClFO2S/c1-2-6-5-7(10)3-4-8(6)13(9,11)12/h3-5H,2H2,1H3. The van der Waals surface area contributed by atoms with Crippen molar-refractivity contribution in [2.24, 2.45) is 0 Å². The Labute approximate surface area is 80.8 Å². The molecule has 5 heteroatoms. The fourth-order valence-electron chi connectivity index (χ4n) is 1.06. The Balaban J connectivity index is 3.39. The zero-order chi connectivity index (χ0) is 10.1. The van der Waals surface area contributed by atoms with Crippen LogP contribution >= 0.6 is 10.7 Å². The van der Waals surface area contributed by atoms with Crippen molar-refractivity contribution in [2.75, 3.05) is 0 Å². The van der Waals surface area contributed by atoms with Crippen LogP contribution < -0.4 is 0 Å². The van der Waals surface area contributed by atoms with E-state index in [1.165, 1.54) is 12.1 Å². The molecule has 1 rings (SSSR count). The van der Waals surface area contributed by atoms with Gasteiger partial charge in [-0.15, -0.1) is 0 Å². The van der Waals surface area contributed by atoms with Crippen molar-refractivity contribution in [2.45, 2.75) is 18.2 Å². The Hall–Kier alpha value is -0.610. The second-order valence-corrected chi connectivity index (χ2v) is 5.08. The number of benzene rings is 1. The van der Waals surface area contributed by atoms with Crippen LogP contribution in [0.25, 0.3) is 0 Å². The minimum Gasteiger partial charge on any atom is -0.207 e. The van der Waals surface area contributed by atoms with E-state index in [-0.39, 0.29) is 4.90 Å². The molecule has 2 nitrogen and oxygen atoms in total. The lowest BCUT2D eigenvalue weighted by atomic mass is 10.2. The van der Waals surface area contributed by atoms with Crippen molar-refractivity contribution in [1.29, 1.82) is 0 Å². The molecule has 72 valence electrons. The normalized spacial score (nSPS) is 11.6. The topological polar surface area (TPSA) is 34.1 Å². The molecule has 0 saturated carbocycles. The molecule has 0 N–H and O–H groups in total. The summed E-state index contributed by atoms with van der Waals surface area (Å²) in [5.74, 6) is -0.457. The van der Waals surface area contributed by atoms with Crippen molar-refractivity contribution in [3.05, 3.63) is 29.6 Å². The van der Waals surface area contributed by atoms with Crippen LogP contribution in [-0.2, 0) is 15.5 Å². The van der Waals surface area contributed by atoms with Gasteiger partial charge in [-0.25, -0.2) is 12.8 Å². The van der Waals surface area contributed by atoms with Gasteiger partial charge in [-0.05, 0) is 30.2 Å². The first-order valence-electron chi connectivity index (χ1n) is 3.68. The predicted octanol–water partition coefficient (Wildman–Crippen LogP) is 2.32. The van der Waals surface area contributed by atoms with Crippen molar-refractivity contribution < 1.29 is 12.8 Å². The zero-order valence-corrected chi connectivity index (χ0v) is 8.49. The van der Waals surface area contributed by atoms with Gasteiger partial charge in [-0.3, -0.25) is 0 Å². The van der Waals surface area contributed by atoms with E-state index in [0.717, 1.165) is 6.07 Å². The highest BCUT2D eigenvalue weighted by atomic mass is 35.7. The number of halogens is 2. The summed E-state index contributed by atoms with van der Waals surface area (Å²) in [5.41, 5.74) is 0.398. The molecule has 0 spiro atoms. The van der Waals surface area contributed by atoms with E-state index in [0.29, 0.717) is 12.0 Å². The van der Waals surface area contributed by atoms with Gasteiger partial charge in [0.05, 0.1) is 4.90 Å². The maximum absolute atomic E-state index is 12.7. The molecule has 1 aromatic rings. The smallest absolute Gasteiger partial charge is 0.207 e. The summed E-state index contributed by atoms with van der Waals surface area (Å²) in [6.07, 6.45) is 0.430. The summed E-state index contributed by atoms with van der Waals surface area (Å²) in [6.45, 7) is 1.74. The van der Waals surface area contributed by atoms with E-state index in [1.54, 1.807) is 6.92 Å². The maximum Gasteiger partial charge on any atom is 0.261 e. The Bertz CT molecular complexity index is 414.